The Bertz CT molecular complexity index is 831. The van der Waals surface area contributed by atoms with Gasteiger partial charge in [-0.15, -0.1) is 11.3 Å². The number of anilines is 2. The molecule has 0 bridgehead atoms. The third-order valence-electron chi connectivity index (χ3n) is 2.90. The smallest absolute Gasteiger partial charge is 0.326 e. The van der Waals surface area contributed by atoms with Crippen LogP contribution in [0.25, 0.3) is 6.08 Å². The van der Waals surface area contributed by atoms with Crippen molar-refractivity contribution < 1.29 is 22.8 Å². The maximum absolute atomic E-state index is 13.2. The highest BCUT2D eigenvalue weighted by atomic mass is 79.9. The number of nitrogens with one attached hydrogen (secondary N) is 2. The number of benzene rings is 1. The van der Waals surface area contributed by atoms with Crippen LogP contribution in [0, 0.1) is 0 Å². The summed E-state index contributed by atoms with van der Waals surface area (Å²) in [5.74, 6) is -1.18. The molecule has 1 heterocycles. The molecule has 1 aromatic carbocycles. The van der Waals surface area contributed by atoms with E-state index in [9.17, 15) is 22.8 Å². The van der Waals surface area contributed by atoms with Gasteiger partial charge >= 0.3 is 6.18 Å². The molecule has 2 amide bonds. The average Bonchev–Trinajstić information content (AvgIpc) is 2.91. The van der Waals surface area contributed by atoms with E-state index >= 15 is 0 Å². The molecule has 2 rings (SSSR count). The van der Waals surface area contributed by atoms with Gasteiger partial charge in [0.2, 0.25) is 11.8 Å². The van der Waals surface area contributed by atoms with Gasteiger partial charge in [-0.1, -0.05) is 0 Å². The normalized spacial score (nSPS) is 11.6. The second-order valence-corrected chi connectivity index (χ2v) is 7.40. The van der Waals surface area contributed by atoms with Crippen molar-refractivity contribution in [2.24, 2.45) is 0 Å². The largest absolute Gasteiger partial charge is 0.418 e. The highest BCUT2D eigenvalue weighted by Crippen LogP contribution is 2.36. The monoisotopic (exact) mass is 432 g/mol. The van der Waals surface area contributed by atoms with Crippen LogP contribution in [0.5, 0.6) is 0 Å². The molecule has 0 fully saturated rings. The highest BCUT2D eigenvalue weighted by Gasteiger charge is 2.34. The summed E-state index contributed by atoms with van der Waals surface area (Å²) in [6.07, 6.45) is -2.02. The van der Waals surface area contributed by atoms with Gasteiger partial charge in [-0.3, -0.25) is 9.59 Å². The van der Waals surface area contributed by atoms with Crippen molar-refractivity contribution in [2.75, 3.05) is 10.6 Å². The zero-order chi connectivity index (χ0) is 18.6. The fraction of sp³-hybridized carbons (Fsp3) is 0.125. The number of carbonyl (C=O) groups is 2. The minimum absolute atomic E-state index is 0.00296. The van der Waals surface area contributed by atoms with Gasteiger partial charge in [-0.05, 0) is 52.3 Å². The average molecular weight is 433 g/mol. The van der Waals surface area contributed by atoms with Crippen LogP contribution in [0.3, 0.4) is 0 Å². The number of amides is 2. The lowest BCUT2D eigenvalue weighted by molar-refractivity contribution is -0.137. The van der Waals surface area contributed by atoms with Crippen molar-refractivity contribution >= 4 is 56.5 Å². The maximum atomic E-state index is 13.2. The van der Waals surface area contributed by atoms with Crippen molar-refractivity contribution in [3.05, 3.63) is 50.6 Å². The van der Waals surface area contributed by atoms with Crippen molar-refractivity contribution in [1.29, 1.82) is 0 Å². The molecule has 25 heavy (non-hydrogen) atoms. The van der Waals surface area contributed by atoms with E-state index in [0.29, 0.717) is 0 Å². The Morgan fingerprint density at radius 1 is 1.16 bits per heavy atom. The molecule has 0 aliphatic rings. The third-order valence-corrected chi connectivity index (χ3v) is 4.49. The van der Waals surface area contributed by atoms with E-state index in [1.54, 1.807) is 12.1 Å². The molecule has 0 aliphatic carbocycles. The molecule has 2 aromatic rings. The summed E-state index contributed by atoms with van der Waals surface area (Å²) in [5, 5.41) is 4.49. The fourth-order valence-corrected chi connectivity index (χ4v) is 3.25. The Labute approximate surface area is 153 Å². The van der Waals surface area contributed by atoms with Crippen LogP contribution >= 0.6 is 27.3 Å². The lowest BCUT2D eigenvalue weighted by atomic mass is 10.1. The molecule has 4 nitrogen and oxygen atoms in total. The van der Waals surface area contributed by atoms with E-state index in [4.69, 9.17) is 0 Å². The predicted octanol–water partition coefficient (Wildman–Crippen LogP) is 5.14. The molecule has 1 aromatic heterocycles. The van der Waals surface area contributed by atoms with E-state index < -0.39 is 23.6 Å². The number of carbonyl (C=O) groups excluding carboxylic acids is 2. The van der Waals surface area contributed by atoms with E-state index in [-0.39, 0.29) is 11.4 Å². The Morgan fingerprint density at radius 3 is 2.44 bits per heavy atom. The summed E-state index contributed by atoms with van der Waals surface area (Å²) in [6.45, 7) is 1.19. The van der Waals surface area contributed by atoms with Crippen LogP contribution in [0.1, 0.15) is 17.4 Å². The summed E-state index contributed by atoms with van der Waals surface area (Å²) in [4.78, 5) is 23.7. The van der Waals surface area contributed by atoms with Gasteiger partial charge < -0.3 is 10.6 Å². The summed E-state index contributed by atoms with van der Waals surface area (Å²) >= 11 is 4.66. The van der Waals surface area contributed by atoms with Crippen LogP contribution < -0.4 is 10.6 Å². The van der Waals surface area contributed by atoms with Gasteiger partial charge in [-0.25, -0.2) is 0 Å². The second kappa shape index (κ2) is 7.83. The Kier molecular flexibility index (Phi) is 6.02. The number of halogens is 4. The minimum atomic E-state index is -4.68. The van der Waals surface area contributed by atoms with Gasteiger partial charge in [0.15, 0.2) is 0 Å². The second-order valence-electron chi connectivity index (χ2n) is 4.90. The van der Waals surface area contributed by atoms with E-state index in [1.165, 1.54) is 30.4 Å². The number of hydrogen-bond donors (Lipinski definition) is 2. The van der Waals surface area contributed by atoms with Crippen LogP contribution in [-0.2, 0) is 15.8 Å². The molecule has 132 valence electrons. The van der Waals surface area contributed by atoms with Crippen LogP contribution in [-0.4, -0.2) is 11.8 Å². The van der Waals surface area contributed by atoms with E-state index in [1.807, 2.05) is 0 Å². The van der Waals surface area contributed by atoms with Crippen molar-refractivity contribution in [3.8, 4) is 0 Å². The summed E-state index contributed by atoms with van der Waals surface area (Å²) < 4.78 is 40.4. The molecule has 0 unspecified atom stereocenters. The summed E-state index contributed by atoms with van der Waals surface area (Å²) in [5.41, 5.74) is -1.43. The molecule has 0 atom stereocenters. The minimum Gasteiger partial charge on any atom is -0.326 e. The third kappa shape index (κ3) is 5.71. The number of rotatable bonds is 4. The number of alkyl halides is 3. The SMILES string of the molecule is CC(=O)Nc1ccc(NC(=O)/C=C/c2ccc(Br)s2)c(C(F)(F)F)c1. The molecule has 0 saturated heterocycles. The lowest BCUT2D eigenvalue weighted by Crippen LogP contribution is -2.16. The van der Waals surface area contributed by atoms with Crippen LogP contribution in [0.2, 0.25) is 0 Å². The van der Waals surface area contributed by atoms with Gasteiger partial charge in [0.05, 0.1) is 15.0 Å². The molecule has 0 radical (unpaired) electrons. The van der Waals surface area contributed by atoms with E-state index in [2.05, 4.69) is 26.6 Å². The molecule has 0 spiro atoms. The number of thiophene rings is 1. The topological polar surface area (TPSA) is 58.2 Å². The summed E-state index contributed by atoms with van der Waals surface area (Å²) in [6, 6.07) is 6.72. The first-order valence-corrected chi connectivity index (χ1v) is 8.49. The van der Waals surface area contributed by atoms with Crippen LogP contribution in [0.15, 0.2) is 40.2 Å². The van der Waals surface area contributed by atoms with Gasteiger partial charge in [-0.2, -0.15) is 13.2 Å². The lowest BCUT2D eigenvalue weighted by Gasteiger charge is -2.15. The van der Waals surface area contributed by atoms with Gasteiger partial charge in [0.25, 0.3) is 0 Å². The first-order chi connectivity index (χ1) is 11.6. The predicted molar refractivity (Wildman–Crippen MR) is 95.4 cm³/mol. The highest BCUT2D eigenvalue weighted by molar-refractivity contribution is 9.11. The molecule has 0 saturated carbocycles. The fourth-order valence-electron chi connectivity index (χ4n) is 1.92. The zero-order valence-corrected chi connectivity index (χ0v) is 15.2. The molecule has 9 heteroatoms. The van der Waals surface area contributed by atoms with Gasteiger partial charge in [0, 0.05) is 23.6 Å². The number of hydrogen-bond acceptors (Lipinski definition) is 3. The molecule has 2 N–H and O–H groups in total. The molecular formula is C16H12BrF3N2O2S. The Morgan fingerprint density at radius 2 is 1.88 bits per heavy atom. The maximum Gasteiger partial charge on any atom is 0.418 e. The van der Waals surface area contributed by atoms with Crippen molar-refractivity contribution in [2.45, 2.75) is 13.1 Å². The Hall–Kier alpha value is -2.13. The quantitative estimate of drug-likeness (QED) is 0.657. The first kappa shape index (κ1) is 19.2. The summed E-state index contributed by atoms with van der Waals surface area (Å²) in [7, 11) is 0. The first-order valence-electron chi connectivity index (χ1n) is 6.88. The standard InChI is InChI=1S/C16H12BrF3N2O2S/c1-9(23)21-10-2-5-13(12(8-10)16(18,19)20)22-15(24)7-4-11-3-6-14(17)25-11/h2-8H,1H3,(H,21,23)(H,22,24)/b7-4+. The Balaban J connectivity index is 2.21. The van der Waals surface area contributed by atoms with Crippen molar-refractivity contribution in [3.63, 3.8) is 0 Å². The van der Waals surface area contributed by atoms with Crippen LogP contribution in [0.4, 0.5) is 24.5 Å². The molecule has 0 aliphatic heterocycles. The van der Waals surface area contributed by atoms with E-state index in [0.717, 1.165) is 26.9 Å². The van der Waals surface area contributed by atoms with Gasteiger partial charge in [0.1, 0.15) is 0 Å². The van der Waals surface area contributed by atoms with Crippen molar-refractivity contribution in [1.82, 2.24) is 0 Å². The molecular weight excluding hydrogens is 421 g/mol. The zero-order valence-electron chi connectivity index (χ0n) is 12.8.